The fraction of sp³-hybridized carbons (Fsp3) is 0. The van der Waals surface area contributed by atoms with Crippen LogP contribution < -0.4 is 0 Å². The lowest BCUT2D eigenvalue weighted by Gasteiger charge is -2.15. The van der Waals surface area contributed by atoms with Gasteiger partial charge in [-0.15, -0.1) is 0 Å². The van der Waals surface area contributed by atoms with Gasteiger partial charge in [0.1, 0.15) is 0 Å². The SMILES string of the molecule is c1ccc(-c2cccc(-c3cccc(-c4ccc(-c5nc(-c6ccccc6)nc(-c6cccc(-c7ccccc7)c6)n5)cc4-c4ccccc4)c3)c2)cc1. The van der Waals surface area contributed by atoms with Crippen molar-refractivity contribution >= 4 is 0 Å². The van der Waals surface area contributed by atoms with Crippen LogP contribution in [0.15, 0.2) is 212 Å². The van der Waals surface area contributed by atoms with Crippen LogP contribution in [0.2, 0.25) is 0 Å². The van der Waals surface area contributed by atoms with Gasteiger partial charge in [0.15, 0.2) is 17.5 Å². The molecule has 54 heavy (non-hydrogen) atoms. The molecule has 0 spiro atoms. The van der Waals surface area contributed by atoms with E-state index in [2.05, 4.69) is 176 Å². The van der Waals surface area contributed by atoms with E-state index in [-0.39, 0.29) is 0 Å². The summed E-state index contributed by atoms with van der Waals surface area (Å²) in [6.45, 7) is 0. The minimum Gasteiger partial charge on any atom is -0.208 e. The van der Waals surface area contributed by atoms with E-state index in [1.165, 1.54) is 22.3 Å². The van der Waals surface area contributed by atoms with E-state index in [9.17, 15) is 0 Å². The van der Waals surface area contributed by atoms with E-state index in [0.717, 1.165) is 50.1 Å². The summed E-state index contributed by atoms with van der Waals surface area (Å²) in [5.41, 5.74) is 14.3. The van der Waals surface area contributed by atoms with Gasteiger partial charge >= 0.3 is 0 Å². The highest BCUT2D eigenvalue weighted by Gasteiger charge is 2.16. The largest absolute Gasteiger partial charge is 0.208 e. The predicted octanol–water partition coefficient (Wildman–Crippen LogP) is 13.2. The molecule has 8 aromatic carbocycles. The van der Waals surface area contributed by atoms with Crippen LogP contribution in [0.1, 0.15) is 0 Å². The molecule has 1 heterocycles. The number of aromatic nitrogens is 3. The first-order valence-corrected chi connectivity index (χ1v) is 18.2. The summed E-state index contributed by atoms with van der Waals surface area (Å²) in [5, 5.41) is 0. The van der Waals surface area contributed by atoms with Crippen molar-refractivity contribution in [2.24, 2.45) is 0 Å². The van der Waals surface area contributed by atoms with Gasteiger partial charge in [0, 0.05) is 16.7 Å². The van der Waals surface area contributed by atoms with Crippen molar-refractivity contribution in [2.75, 3.05) is 0 Å². The molecule has 0 atom stereocenters. The molecule has 0 radical (unpaired) electrons. The van der Waals surface area contributed by atoms with E-state index in [4.69, 9.17) is 15.0 Å². The van der Waals surface area contributed by atoms with Crippen molar-refractivity contribution in [2.45, 2.75) is 0 Å². The molecular formula is C51H35N3. The summed E-state index contributed by atoms with van der Waals surface area (Å²) < 4.78 is 0. The molecule has 0 amide bonds. The highest BCUT2D eigenvalue weighted by Crippen LogP contribution is 2.38. The Kier molecular flexibility index (Phi) is 8.94. The highest BCUT2D eigenvalue weighted by atomic mass is 15.0. The molecule has 0 bridgehead atoms. The first kappa shape index (κ1) is 32.7. The first-order valence-electron chi connectivity index (χ1n) is 18.2. The number of hydrogen-bond donors (Lipinski definition) is 0. The van der Waals surface area contributed by atoms with Crippen molar-refractivity contribution in [3.63, 3.8) is 0 Å². The Balaban J connectivity index is 1.16. The second kappa shape index (κ2) is 14.8. The maximum atomic E-state index is 5.14. The molecule has 0 aliphatic rings. The molecule has 254 valence electrons. The Hall–Kier alpha value is -7.23. The van der Waals surface area contributed by atoms with Gasteiger partial charge in [-0.1, -0.05) is 188 Å². The molecule has 3 heteroatoms. The Labute approximate surface area is 316 Å². The first-order chi connectivity index (χ1) is 26.7. The van der Waals surface area contributed by atoms with Gasteiger partial charge in [-0.25, -0.2) is 15.0 Å². The summed E-state index contributed by atoms with van der Waals surface area (Å²) in [6.07, 6.45) is 0. The molecule has 1 aromatic heterocycles. The Bertz CT molecular complexity index is 2690. The second-order valence-corrected chi connectivity index (χ2v) is 13.3. The van der Waals surface area contributed by atoms with E-state index in [1.54, 1.807) is 0 Å². The van der Waals surface area contributed by atoms with Crippen LogP contribution in [-0.4, -0.2) is 15.0 Å². The third kappa shape index (κ3) is 6.87. The molecule has 0 aliphatic carbocycles. The van der Waals surface area contributed by atoms with Crippen LogP contribution in [0, 0.1) is 0 Å². The Morgan fingerprint density at radius 3 is 1.04 bits per heavy atom. The van der Waals surface area contributed by atoms with Crippen molar-refractivity contribution in [3.8, 4) is 89.8 Å². The average Bonchev–Trinajstić information content (AvgIpc) is 3.27. The standard InChI is InChI=1S/C51H35N3/c1-5-16-36(17-6-1)40-24-13-26-42(32-40)43-27-14-28-44(33-43)47-31-30-46(35-48(47)38-20-9-3-10-21-38)51-53-49(39-22-11-4-12-23-39)52-50(54-51)45-29-15-25-41(34-45)37-18-7-2-8-19-37/h1-35H. The van der Waals surface area contributed by atoms with E-state index >= 15 is 0 Å². The number of rotatable bonds is 8. The normalized spacial score (nSPS) is 11.0. The highest BCUT2D eigenvalue weighted by molar-refractivity contribution is 5.88. The summed E-state index contributed by atoms with van der Waals surface area (Å²) in [4.78, 5) is 15.2. The number of nitrogens with zero attached hydrogens (tertiary/aromatic N) is 3. The zero-order valence-electron chi connectivity index (χ0n) is 29.5. The Morgan fingerprint density at radius 2 is 0.519 bits per heavy atom. The van der Waals surface area contributed by atoms with Crippen molar-refractivity contribution < 1.29 is 0 Å². The molecule has 0 aliphatic heterocycles. The summed E-state index contributed by atoms with van der Waals surface area (Å²) in [6, 6.07) is 74.2. The minimum absolute atomic E-state index is 0.624. The van der Waals surface area contributed by atoms with Gasteiger partial charge in [0.05, 0.1) is 0 Å². The van der Waals surface area contributed by atoms with Gasteiger partial charge in [-0.2, -0.15) is 0 Å². The smallest absolute Gasteiger partial charge is 0.164 e. The van der Waals surface area contributed by atoms with Crippen LogP contribution in [0.25, 0.3) is 89.8 Å². The van der Waals surface area contributed by atoms with Crippen molar-refractivity contribution in [1.29, 1.82) is 0 Å². The zero-order valence-corrected chi connectivity index (χ0v) is 29.5. The lowest BCUT2D eigenvalue weighted by molar-refractivity contribution is 1.07. The van der Waals surface area contributed by atoms with Gasteiger partial charge in [0.2, 0.25) is 0 Å². The van der Waals surface area contributed by atoms with Gasteiger partial charge < -0.3 is 0 Å². The van der Waals surface area contributed by atoms with Crippen molar-refractivity contribution in [3.05, 3.63) is 212 Å². The summed E-state index contributed by atoms with van der Waals surface area (Å²) in [7, 11) is 0. The molecule has 0 unspecified atom stereocenters. The van der Waals surface area contributed by atoms with E-state index < -0.39 is 0 Å². The molecule has 0 saturated carbocycles. The lowest BCUT2D eigenvalue weighted by Crippen LogP contribution is -2.00. The zero-order chi connectivity index (χ0) is 36.1. The third-order valence-corrected chi connectivity index (χ3v) is 9.73. The predicted molar refractivity (Wildman–Crippen MR) is 223 cm³/mol. The lowest BCUT2D eigenvalue weighted by atomic mass is 9.90. The molecular weight excluding hydrogens is 655 g/mol. The van der Waals surface area contributed by atoms with Crippen molar-refractivity contribution in [1.82, 2.24) is 15.0 Å². The van der Waals surface area contributed by atoms with Gasteiger partial charge in [-0.3, -0.25) is 0 Å². The fourth-order valence-corrected chi connectivity index (χ4v) is 6.99. The van der Waals surface area contributed by atoms with E-state index in [0.29, 0.717) is 17.5 Å². The topological polar surface area (TPSA) is 38.7 Å². The maximum Gasteiger partial charge on any atom is 0.164 e. The van der Waals surface area contributed by atoms with Crippen LogP contribution in [0.5, 0.6) is 0 Å². The summed E-state index contributed by atoms with van der Waals surface area (Å²) >= 11 is 0. The van der Waals surface area contributed by atoms with Crippen LogP contribution >= 0.6 is 0 Å². The summed E-state index contributed by atoms with van der Waals surface area (Å²) in [5.74, 6) is 1.89. The molecule has 0 fully saturated rings. The fourth-order valence-electron chi connectivity index (χ4n) is 6.99. The van der Waals surface area contributed by atoms with Crippen LogP contribution in [0.3, 0.4) is 0 Å². The number of hydrogen-bond acceptors (Lipinski definition) is 3. The average molecular weight is 690 g/mol. The number of benzene rings is 8. The van der Waals surface area contributed by atoms with Crippen LogP contribution in [0.4, 0.5) is 0 Å². The van der Waals surface area contributed by atoms with Gasteiger partial charge in [-0.05, 0) is 79.9 Å². The van der Waals surface area contributed by atoms with Crippen LogP contribution in [-0.2, 0) is 0 Å². The minimum atomic E-state index is 0.624. The molecule has 9 aromatic rings. The molecule has 9 rings (SSSR count). The van der Waals surface area contributed by atoms with E-state index in [1.807, 2.05) is 36.4 Å². The quantitative estimate of drug-likeness (QED) is 0.159. The second-order valence-electron chi connectivity index (χ2n) is 13.3. The Morgan fingerprint density at radius 1 is 0.185 bits per heavy atom. The maximum absolute atomic E-state index is 5.14. The third-order valence-electron chi connectivity index (χ3n) is 9.73. The molecule has 0 saturated heterocycles. The molecule has 0 N–H and O–H groups in total. The van der Waals surface area contributed by atoms with Gasteiger partial charge in [0.25, 0.3) is 0 Å². The molecule has 3 nitrogen and oxygen atoms in total. The monoisotopic (exact) mass is 689 g/mol.